The summed E-state index contributed by atoms with van der Waals surface area (Å²) in [4.78, 5) is 0. The molecule has 0 bridgehead atoms. The molecule has 1 radical (unpaired) electrons. The Balaban J connectivity index is 2.00. The number of ether oxygens (including phenoxy) is 1. The maximum Gasteiger partial charge on any atom is 0.119 e. The van der Waals surface area contributed by atoms with Gasteiger partial charge >= 0.3 is 0 Å². The van der Waals surface area contributed by atoms with Crippen LogP contribution in [0.4, 0.5) is 0 Å². The first-order chi connectivity index (χ1) is 8.78. The molecule has 2 aromatic rings. The van der Waals surface area contributed by atoms with Gasteiger partial charge in [-0.15, -0.1) is 0 Å². The van der Waals surface area contributed by atoms with Crippen LogP contribution in [0.25, 0.3) is 0 Å². The molecule has 1 atom stereocenters. The Morgan fingerprint density at radius 3 is 2.17 bits per heavy atom. The van der Waals surface area contributed by atoms with Crippen LogP contribution in [0.5, 0.6) is 5.75 Å². The lowest BCUT2D eigenvalue weighted by atomic mass is 10.1. The number of hydrogen-bond donors (Lipinski definition) is 0. The Hall–Kier alpha value is -1.76. The summed E-state index contributed by atoms with van der Waals surface area (Å²) >= 11 is 0. The molecule has 18 heavy (non-hydrogen) atoms. The molecule has 0 saturated heterocycles. The predicted molar refractivity (Wildman–Crippen MR) is 75.8 cm³/mol. The molecule has 1 heteroatoms. The molecule has 0 aromatic heterocycles. The van der Waals surface area contributed by atoms with Crippen LogP contribution in [0, 0.1) is 6.92 Å². The fourth-order valence-corrected chi connectivity index (χ4v) is 1.81. The van der Waals surface area contributed by atoms with Crippen molar-refractivity contribution < 1.29 is 4.74 Å². The maximum absolute atomic E-state index is 5.71. The lowest BCUT2D eigenvalue weighted by molar-refractivity contribution is 0.224. The van der Waals surface area contributed by atoms with E-state index in [4.69, 9.17) is 4.74 Å². The lowest BCUT2D eigenvalue weighted by Gasteiger charge is -2.12. The molecule has 0 N–H and O–H groups in total. The second-order valence-electron chi connectivity index (χ2n) is 4.52. The monoisotopic (exact) mass is 239 g/mol. The highest BCUT2D eigenvalue weighted by Gasteiger charge is 2.01. The summed E-state index contributed by atoms with van der Waals surface area (Å²) in [5.41, 5.74) is 2.63. The van der Waals surface area contributed by atoms with E-state index < -0.39 is 0 Å². The second-order valence-corrected chi connectivity index (χ2v) is 4.52. The van der Waals surface area contributed by atoms with Crippen LogP contribution in [0.1, 0.15) is 24.5 Å². The second kappa shape index (κ2) is 6.25. The van der Waals surface area contributed by atoms with E-state index in [1.54, 1.807) is 0 Å². The first-order valence-electron chi connectivity index (χ1n) is 6.36. The van der Waals surface area contributed by atoms with Crippen LogP contribution in [-0.4, -0.2) is 6.10 Å². The summed E-state index contributed by atoms with van der Waals surface area (Å²) in [6.07, 6.45) is 1.92. The van der Waals surface area contributed by atoms with Gasteiger partial charge in [0.2, 0.25) is 0 Å². The van der Waals surface area contributed by atoms with Gasteiger partial charge < -0.3 is 4.74 Å². The Kier molecular flexibility index (Phi) is 4.40. The molecule has 0 saturated carbocycles. The third-order valence-corrected chi connectivity index (χ3v) is 2.92. The van der Waals surface area contributed by atoms with Gasteiger partial charge in [0.05, 0.1) is 6.10 Å². The van der Waals surface area contributed by atoms with Crippen molar-refractivity contribution in [3.05, 3.63) is 72.6 Å². The van der Waals surface area contributed by atoms with Crippen LogP contribution in [0.15, 0.2) is 54.6 Å². The zero-order valence-electron chi connectivity index (χ0n) is 10.8. The van der Waals surface area contributed by atoms with E-state index in [1.807, 2.05) is 25.1 Å². The SMILES string of the molecule is [CH2]CC(C)Oc1ccc(Cc2ccccc2)cc1. The molecule has 1 nitrogen and oxygen atoms in total. The van der Waals surface area contributed by atoms with E-state index in [0.29, 0.717) is 0 Å². The van der Waals surface area contributed by atoms with E-state index in [1.165, 1.54) is 11.1 Å². The maximum atomic E-state index is 5.71. The van der Waals surface area contributed by atoms with Gasteiger partial charge in [-0.2, -0.15) is 0 Å². The summed E-state index contributed by atoms with van der Waals surface area (Å²) in [5.74, 6) is 0.919. The summed E-state index contributed by atoms with van der Waals surface area (Å²) in [5, 5.41) is 0. The summed E-state index contributed by atoms with van der Waals surface area (Å²) in [6, 6.07) is 18.8. The summed E-state index contributed by atoms with van der Waals surface area (Å²) in [7, 11) is 0. The molecular weight excluding hydrogens is 220 g/mol. The minimum Gasteiger partial charge on any atom is -0.491 e. The fraction of sp³-hybridized carbons (Fsp3) is 0.235. The molecule has 0 fully saturated rings. The predicted octanol–water partition coefficient (Wildman–Crippen LogP) is 4.27. The Morgan fingerprint density at radius 2 is 1.56 bits per heavy atom. The first-order valence-corrected chi connectivity index (χ1v) is 6.36. The van der Waals surface area contributed by atoms with Crippen LogP contribution in [-0.2, 0) is 6.42 Å². The van der Waals surface area contributed by atoms with Crippen LogP contribution >= 0.6 is 0 Å². The molecule has 0 aliphatic carbocycles. The van der Waals surface area contributed by atoms with Crippen molar-refractivity contribution in [2.45, 2.75) is 25.9 Å². The average Bonchev–Trinajstić information content (AvgIpc) is 2.42. The largest absolute Gasteiger partial charge is 0.491 e. The van der Waals surface area contributed by atoms with Crippen molar-refractivity contribution in [2.75, 3.05) is 0 Å². The van der Waals surface area contributed by atoms with Crippen molar-refractivity contribution in [3.63, 3.8) is 0 Å². The highest BCUT2D eigenvalue weighted by molar-refractivity contribution is 5.31. The van der Waals surface area contributed by atoms with Crippen LogP contribution in [0.2, 0.25) is 0 Å². The quantitative estimate of drug-likeness (QED) is 0.757. The first kappa shape index (κ1) is 12.7. The third kappa shape index (κ3) is 3.63. The van der Waals surface area contributed by atoms with Gasteiger partial charge in [-0.3, -0.25) is 0 Å². The van der Waals surface area contributed by atoms with Crippen molar-refractivity contribution in [1.82, 2.24) is 0 Å². The third-order valence-electron chi connectivity index (χ3n) is 2.92. The molecule has 0 aliphatic rings. The number of benzene rings is 2. The Bertz CT molecular complexity index is 459. The standard InChI is InChI=1S/C17H19O/c1-3-14(2)18-17-11-9-16(10-12-17)13-15-7-5-4-6-8-15/h4-12,14H,1,3,13H2,2H3. The molecule has 93 valence electrons. The number of rotatable bonds is 5. The van der Waals surface area contributed by atoms with Gasteiger partial charge in [0, 0.05) is 0 Å². The minimum absolute atomic E-state index is 0.171. The number of hydrogen-bond acceptors (Lipinski definition) is 1. The topological polar surface area (TPSA) is 9.23 Å². The van der Waals surface area contributed by atoms with Gasteiger partial charge in [-0.25, -0.2) is 0 Å². The molecule has 0 amide bonds. The molecule has 0 heterocycles. The Morgan fingerprint density at radius 1 is 0.944 bits per heavy atom. The van der Waals surface area contributed by atoms with E-state index >= 15 is 0 Å². The minimum atomic E-state index is 0.171. The van der Waals surface area contributed by atoms with E-state index in [2.05, 4.69) is 43.3 Å². The van der Waals surface area contributed by atoms with Gasteiger partial charge in [0.15, 0.2) is 0 Å². The van der Waals surface area contributed by atoms with Crippen molar-refractivity contribution in [2.24, 2.45) is 0 Å². The van der Waals surface area contributed by atoms with Gasteiger partial charge in [0.1, 0.15) is 5.75 Å². The molecule has 0 aliphatic heterocycles. The smallest absolute Gasteiger partial charge is 0.119 e. The molecular formula is C17H19O. The molecule has 2 rings (SSSR count). The highest BCUT2D eigenvalue weighted by atomic mass is 16.5. The van der Waals surface area contributed by atoms with E-state index in [0.717, 1.165) is 18.6 Å². The van der Waals surface area contributed by atoms with Gasteiger partial charge in [0.25, 0.3) is 0 Å². The van der Waals surface area contributed by atoms with Gasteiger partial charge in [-0.1, -0.05) is 42.5 Å². The zero-order valence-corrected chi connectivity index (χ0v) is 10.8. The van der Waals surface area contributed by atoms with Crippen molar-refractivity contribution in [3.8, 4) is 5.75 Å². The van der Waals surface area contributed by atoms with Crippen LogP contribution in [0.3, 0.4) is 0 Å². The van der Waals surface area contributed by atoms with E-state index in [-0.39, 0.29) is 6.10 Å². The molecule has 2 aromatic carbocycles. The van der Waals surface area contributed by atoms with Crippen LogP contribution < -0.4 is 4.74 Å². The van der Waals surface area contributed by atoms with E-state index in [9.17, 15) is 0 Å². The highest BCUT2D eigenvalue weighted by Crippen LogP contribution is 2.17. The lowest BCUT2D eigenvalue weighted by Crippen LogP contribution is -2.09. The normalized spacial score (nSPS) is 12.1. The fourth-order valence-electron chi connectivity index (χ4n) is 1.81. The zero-order chi connectivity index (χ0) is 12.8. The molecule has 1 unspecified atom stereocenters. The summed E-state index contributed by atoms with van der Waals surface area (Å²) in [6.45, 7) is 5.86. The van der Waals surface area contributed by atoms with Gasteiger partial charge in [-0.05, 0) is 49.9 Å². The summed E-state index contributed by atoms with van der Waals surface area (Å²) < 4.78 is 5.71. The molecule has 0 spiro atoms. The Labute approximate surface area is 109 Å². The van der Waals surface area contributed by atoms with Crippen molar-refractivity contribution in [1.29, 1.82) is 0 Å². The van der Waals surface area contributed by atoms with Crippen molar-refractivity contribution >= 4 is 0 Å². The average molecular weight is 239 g/mol.